The van der Waals surface area contributed by atoms with E-state index in [1.165, 1.54) is 44.5 Å². The molecule has 0 amide bonds. The molecule has 2 aliphatic heterocycles. The summed E-state index contributed by atoms with van der Waals surface area (Å²) in [6.07, 6.45) is 3.14. The molecule has 2 heteroatoms. The summed E-state index contributed by atoms with van der Waals surface area (Å²) >= 11 is -0.0990. The first-order chi connectivity index (χ1) is 16.9. The summed E-state index contributed by atoms with van der Waals surface area (Å²) in [4.78, 5) is 0. The van der Waals surface area contributed by atoms with Crippen LogP contribution in [0.2, 0.25) is 0 Å². The standard InChI is InChI=1S/C32H26NS/c1-5-13-24(14-6-1)28-21-31-32(27-19-11-4-12-20-27)29(25-15-7-2-8-16-25)22-33-34(31)23-30(28)26-17-9-3-10-18-26/h1-20,22,31H,21,23H2/q+1. The third-order valence-electron chi connectivity index (χ3n) is 6.72. The lowest BCUT2D eigenvalue weighted by atomic mass is 9.86. The highest BCUT2D eigenvalue weighted by molar-refractivity contribution is 7.97. The van der Waals surface area contributed by atoms with Gasteiger partial charge in [0.1, 0.15) is 11.1 Å². The lowest BCUT2D eigenvalue weighted by Gasteiger charge is -2.30. The number of rotatable bonds is 4. The molecule has 4 aromatic rings. The van der Waals surface area contributed by atoms with Crippen molar-refractivity contribution in [3.05, 3.63) is 144 Å². The quantitative estimate of drug-likeness (QED) is 0.280. The Hall–Kier alpha value is -3.62. The highest BCUT2D eigenvalue weighted by Crippen LogP contribution is 2.46. The molecule has 2 unspecified atom stereocenters. The monoisotopic (exact) mass is 456 g/mol. The number of allylic oxidation sites excluding steroid dienone is 2. The molecule has 0 aromatic heterocycles. The van der Waals surface area contributed by atoms with E-state index in [2.05, 4.69) is 128 Å². The van der Waals surface area contributed by atoms with E-state index in [9.17, 15) is 0 Å². The first-order valence-corrected chi connectivity index (χ1v) is 13.2. The molecule has 34 heavy (non-hydrogen) atoms. The Balaban J connectivity index is 1.54. The van der Waals surface area contributed by atoms with Crippen molar-refractivity contribution in [3.63, 3.8) is 0 Å². The van der Waals surface area contributed by atoms with Gasteiger partial charge in [-0.2, -0.15) is 0 Å². The van der Waals surface area contributed by atoms with Crippen molar-refractivity contribution < 1.29 is 0 Å². The summed E-state index contributed by atoms with van der Waals surface area (Å²) in [6.45, 7) is 0. The van der Waals surface area contributed by atoms with E-state index in [1.807, 2.05) is 0 Å². The van der Waals surface area contributed by atoms with Gasteiger partial charge in [-0.3, -0.25) is 0 Å². The number of nitrogens with zero attached hydrogens (tertiary/aromatic N) is 1. The third-order valence-corrected chi connectivity index (χ3v) is 8.74. The minimum absolute atomic E-state index is 0.0990. The van der Waals surface area contributed by atoms with Gasteiger partial charge < -0.3 is 0 Å². The maximum absolute atomic E-state index is 5.20. The van der Waals surface area contributed by atoms with Crippen LogP contribution in [-0.2, 0) is 11.1 Å². The molecular formula is C32H26NS+. The SMILES string of the molecule is C1=N[S+]2CC(c3ccccc3)=C(c3ccccc3)CC2C(c2ccccc2)=C1c1ccccc1. The minimum atomic E-state index is -0.0990. The molecule has 2 heterocycles. The van der Waals surface area contributed by atoms with Crippen molar-refractivity contribution in [1.82, 2.24) is 0 Å². The zero-order valence-corrected chi connectivity index (χ0v) is 19.8. The average molecular weight is 457 g/mol. The molecule has 4 aromatic carbocycles. The molecule has 2 atom stereocenters. The molecule has 2 aliphatic rings. The molecule has 0 saturated carbocycles. The maximum atomic E-state index is 5.20. The summed E-state index contributed by atoms with van der Waals surface area (Å²) in [5.74, 6) is 0.980. The molecule has 0 spiro atoms. The Morgan fingerprint density at radius 3 is 1.56 bits per heavy atom. The molecule has 0 fully saturated rings. The Bertz CT molecular complexity index is 1370. The number of hydrogen-bond donors (Lipinski definition) is 0. The van der Waals surface area contributed by atoms with Crippen molar-refractivity contribution in [2.24, 2.45) is 4.40 Å². The van der Waals surface area contributed by atoms with Crippen LogP contribution in [0, 0.1) is 0 Å². The van der Waals surface area contributed by atoms with Crippen LogP contribution >= 0.6 is 0 Å². The lowest BCUT2D eigenvalue weighted by Crippen LogP contribution is -2.32. The Labute approximate surface area is 204 Å². The number of fused-ring (bicyclic) bond motifs is 1. The fourth-order valence-electron chi connectivity index (χ4n) is 5.09. The molecule has 6 rings (SSSR count). The Morgan fingerprint density at radius 2 is 1.00 bits per heavy atom. The van der Waals surface area contributed by atoms with Gasteiger partial charge in [0.05, 0.1) is 6.21 Å². The van der Waals surface area contributed by atoms with Crippen LogP contribution in [0.3, 0.4) is 0 Å². The third kappa shape index (κ3) is 3.95. The Morgan fingerprint density at radius 1 is 0.529 bits per heavy atom. The predicted molar refractivity (Wildman–Crippen MR) is 149 cm³/mol. The second kappa shape index (κ2) is 9.32. The van der Waals surface area contributed by atoms with Gasteiger partial charge in [0, 0.05) is 23.1 Å². The second-order valence-corrected chi connectivity index (χ2v) is 10.6. The molecule has 164 valence electrons. The van der Waals surface area contributed by atoms with Gasteiger partial charge in [0.15, 0.2) is 11.0 Å². The van der Waals surface area contributed by atoms with Crippen molar-refractivity contribution in [2.75, 3.05) is 5.75 Å². The van der Waals surface area contributed by atoms with Gasteiger partial charge in [-0.1, -0.05) is 126 Å². The number of benzene rings is 4. The summed E-state index contributed by atoms with van der Waals surface area (Å²) < 4.78 is 5.20. The van der Waals surface area contributed by atoms with E-state index in [4.69, 9.17) is 4.40 Å². The van der Waals surface area contributed by atoms with Crippen molar-refractivity contribution >= 4 is 39.6 Å². The van der Waals surface area contributed by atoms with Crippen LogP contribution in [-0.4, -0.2) is 17.2 Å². The zero-order valence-electron chi connectivity index (χ0n) is 19.0. The lowest BCUT2D eigenvalue weighted by molar-refractivity contribution is 1.08. The summed E-state index contributed by atoms with van der Waals surface area (Å²) in [6, 6.07) is 43.5. The zero-order chi connectivity index (χ0) is 22.7. The van der Waals surface area contributed by atoms with Gasteiger partial charge in [-0.25, -0.2) is 0 Å². The van der Waals surface area contributed by atoms with Crippen LogP contribution in [0.15, 0.2) is 126 Å². The highest BCUT2D eigenvalue weighted by Gasteiger charge is 2.45. The van der Waals surface area contributed by atoms with Gasteiger partial charge >= 0.3 is 0 Å². The molecule has 0 radical (unpaired) electrons. The molecule has 0 bridgehead atoms. The van der Waals surface area contributed by atoms with E-state index in [0.29, 0.717) is 5.25 Å². The van der Waals surface area contributed by atoms with Crippen LogP contribution in [0.5, 0.6) is 0 Å². The normalized spacial score (nSPS) is 19.8. The molecule has 0 aliphatic carbocycles. The first kappa shape index (κ1) is 20.9. The fourth-order valence-corrected chi connectivity index (χ4v) is 7.28. The van der Waals surface area contributed by atoms with Gasteiger partial charge in [0.2, 0.25) is 0 Å². The molecule has 0 saturated heterocycles. The van der Waals surface area contributed by atoms with Crippen molar-refractivity contribution in [2.45, 2.75) is 11.7 Å². The van der Waals surface area contributed by atoms with E-state index in [-0.39, 0.29) is 11.1 Å². The predicted octanol–water partition coefficient (Wildman–Crippen LogP) is 7.60. The molecule has 0 N–H and O–H groups in total. The minimum Gasteiger partial charge on any atom is -0.0655 e. The van der Waals surface area contributed by atoms with Crippen molar-refractivity contribution in [1.29, 1.82) is 0 Å². The maximum Gasteiger partial charge on any atom is 0.175 e. The number of hydrogen-bond acceptors (Lipinski definition) is 1. The van der Waals surface area contributed by atoms with E-state index >= 15 is 0 Å². The summed E-state index contributed by atoms with van der Waals surface area (Å²) in [5, 5.41) is 0.366. The molecular weight excluding hydrogens is 430 g/mol. The van der Waals surface area contributed by atoms with E-state index in [0.717, 1.165) is 12.2 Å². The van der Waals surface area contributed by atoms with Crippen LogP contribution in [0.4, 0.5) is 0 Å². The average Bonchev–Trinajstić information content (AvgIpc) is 2.93. The van der Waals surface area contributed by atoms with Crippen LogP contribution in [0.25, 0.3) is 22.3 Å². The smallest absolute Gasteiger partial charge is 0.0655 e. The van der Waals surface area contributed by atoms with E-state index < -0.39 is 0 Å². The van der Waals surface area contributed by atoms with Gasteiger partial charge in [-0.05, 0) is 27.8 Å². The van der Waals surface area contributed by atoms with Gasteiger partial charge in [0.25, 0.3) is 0 Å². The van der Waals surface area contributed by atoms with Gasteiger partial charge in [-0.15, -0.1) is 0 Å². The fraction of sp³-hybridized carbons (Fsp3) is 0.0938. The highest BCUT2D eigenvalue weighted by atomic mass is 32.2. The van der Waals surface area contributed by atoms with Crippen LogP contribution in [0.1, 0.15) is 28.7 Å². The topological polar surface area (TPSA) is 12.4 Å². The second-order valence-electron chi connectivity index (χ2n) is 8.72. The summed E-state index contributed by atoms with van der Waals surface area (Å²) in [7, 11) is 0. The largest absolute Gasteiger partial charge is 0.175 e. The molecule has 1 nitrogen and oxygen atoms in total. The summed E-state index contributed by atoms with van der Waals surface area (Å²) in [5.41, 5.74) is 10.8. The van der Waals surface area contributed by atoms with Crippen molar-refractivity contribution in [3.8, 4) is 0 Å². The Kier molecular flexibility index (Phi) is 5.74. The van der Waals surface area contributed by atoms with E-state index in [1.54, 1.807) is 0 Å². The van der Waals surface area contributed by atoms with Crippen LogP contribution < -0.4 is 0 Å². The first-order valence-electron chi connectivity index (χ1n) is 11.8.